The van der Waals surface area contributed by atoms with Crippen LogP contribution in [-0.2, 0) is 9.59 Å². The maximum Gasteiger partial charge on any atom is 0.229 e. The lowest BCUT2D eigenvalue weighted by Crippen LogP contribution is -2.28. The van der Waals surface area contributed by atoms with Crippen LogP contribution < -0.4 is 15.0 Å². The van der Waals surface area contributed by atoms with E-state index in [4.69, 9.17) is 4.74 Å². The molecule has 0 bridgehead atoms. The van der Waals surface area contributed by atoms with Crippen molar-refractivity contribution in [1.82, 2.24) is 0 Å². The second-order valence-electron chi connectivity index (χ2n) is 7.74. The highest BCUT2D eigenvalue weighted by atomic mass is 19.1. The lowest BCUT2D eigenvalue weighted by molar-refractivity contribution is -0.122. The van der Waals surface area contributed by atoms with Crippen LogP contribution in [0, 0.1) is 25.6 Å². The lowest BCUT2D eigenvalue weighted by Gasteiger charge is -2.16. The highest BCUT2D eigenvalue weighted by molar-refractivity contribution is 6.03. The van der Waals surface area contributed by atoms with Crippen LogP contribution in [-0.4, -0.2) is 18.4 Å². The van der Waals surface area contributed by atoms with Crippen molar-refractivity contribution >= 4 is 23.2 Å². The molecule has 1 fully saturated rings. The first-order chi connectivity index (χ1) is 14.9. The van der Waals surface area contributed by atoms with Gasteiger partial charge in [-0.1, -0.05) is 6.07 Å². The molecule has 31 heavy (non-hydrogen) atoms. The van der Waals surface area contributed by atoms with Crippen molar-refractivity contribution in [2.75, 3.05) is 16.8 Å². The number of benzene rings is 3. The fraction of sp³-hybridized carbons (Fsp3) is 0.200. The smallest absolute Gasteiger partial charge is 0.229 e. The molecule has 0 spiro atoms. The molecule has 158 valence electrons. The van der Waals surface area contributed by atoms with Crippen molar-refractivity contribution in [3.63, 3.8) is 0 Å². The molecule has 3 aromatic rings. The minimum atomic E-state index is -0.469. The summed E-state index contributed by atoms with van der Waals surface area (Å²) in [5.41, 5.74) is 3.58. The Hall–Kier alpha value is -3.67. The third kappa shape index (κ3) is 4.74. The number of rotatable bonds is 5. The number of anilines is 2. The minimum absolute atomic E-state index is 0.122. The first-order valence-electron chi connectivity index (χ1n) is 10.1. The third-order valence-electron chi connectivity index (χ3n) is 5.47. The van der Waals surface area contributed by atoms with E-state index in [0.717, 1.165) is 11.3 Å². The van der Waals surface area contributed by atoms with Crippen molar-refractivity contribution in [2.45, 2.75) is 20.3 Å². The molecular weight excluding hydrogens is 395 g/mol. The molecule has 2 amide bonds. The maximum absolute atomic E-state index is 13.1. The summed E-state index contributed by atoms with van der Waals surface area (Å²) in [5, 5.41) is 2.86. The van der Waals surface area contributed by atoms with E-state index in [2.05, 4.69) is 5.32 Å². The summed E-state index contributed by atoms with van der Waals surface area (Å²) in [5.74, 6) is 0.216. The molecular formula is C25H23FN2O3. The molecule has 1 aliphatic heterocycles. The Balaban J connectivity index is 1.36. The number of carbonyl (C=O) groups excluding carboxylic acids is 2. The fourth-order valence-electron chi connectivity index (χ4n) is 3.52. The topological polar surface area (TPSA) is 58.6 Å². The SMILES string of the molecule is Cc1ccc(Oc2ccc(NC(=O)[C@@H]3CC(=O)N(c4ccc(F)cc4)C3)cc2)cc1C. The number of aryl methyl sites for hydroxylation is 2. The molecule has 3 aromatic carbocycles. The Kier molecular flexibility index (Phi) is 5.71. The Morgan fingerprint density at radius 3 is 2.32 bits per heavy atom. The zero-order valence-electron chi connectivity index (χ0n) is 17.4. The van der Waals surface area contributed by atoms with E-state index in [0.29, 0.717) is 17.1 Å². The highest BCUT2D eigenvalue weighted by Gasteiger charge is 2.35. The summed E-state index contributed by atoms with van der Waals surface area (Å²) in [4.78, 5) is 26.5. The van der Waals surface area contributed by atoms with Crippen molar-refractivity contribution in [3.05, 3.63) is 83.7 Å². The summed E-state index contributed by atoms with van der Waals surface area (Å²) < 4.78 is 19.0. The van der Waals surface area contributed by atoms with Crippen LogP contribution in [0.25, 0.3) is 0 Å². The molecule has 0 unspecified atom stereocenters. The van der Waals surface area contributed by atoms with Gasteiger partial charge in [-0.2, -0.15) is 0 Å². The van der Waals surface area contributed by atoms with E-state index in [1.807, 2.05) is 32.0 Å². The van der Waals surface area contributed by atoms with Crippen LogP contribution in [0.15, 0.2) is 66.7 Å². The zero-order chi connectivity index (χ0) is 22.0. The van der Waals surface area contributed by atoms with Gasteiger partial charge in [0, 0.05) is 24.3 Å². The van der Waals surface area contributed by atoms with E-state index in [1.165, 1.54) is 22.6 Å². The molecule has 4 rings (SSSR count). The van der Waals surface area contributed by atoms with Gasteiger partial charge in [0.25, 0.3) is 0 Å². The normalized spacial score (nSPS) is 15.8. The predicted molar refractivity (Wildman–Crippen MR) is 118 cm³/mol. The molecule has 5 nitrogen and oxygen atoms in total. The number of amides is 2. The molecule has 1 atom stereocenters. The van der Waals surface area contributed by atoms with E-state index >= 15 is 0 Å². The van der Waals surface area contributed by atoms with Gasteiger partial charge in [0.2, 0.25) is 11.8 Å². The molecule has 0 aromatic heterocycles. The van der Waals surface area contributed by atoms with Crippen LogP contribution in [0.2, 0.25) is 0 Å². The Bertz CT molecular complexity index is 1110. The van der Waals surface area contributed by atoms with E-state index in [1.54, 1.807) is 36.4 Å². The number of hydrogen-bond donors (Lipinski definition) is 1. The number of nitrogens with one attached hydrogen (secondary N) is 1. The molecule has 1 N–H and O–H groups in total. The minimum Gasteiger partial charge on any atom is -0.457 e. The van der Waals surface area contributed by atoms with Gasteiger partial charge in [0.1, 0.15) is 17.3 Å². The first kappa shape index (κ1) is 20.6. The second kappa shape index (κ2) is 8.60. The van der Waals surface area contributed by atoms with Crippen LogP contribution >= 0.6 is 0 Å². The van der Waals surface area contributed by atoms with E-state index < -0.39 is 5.92 Å². The Labute approximate surface area is 180 Å². The lowest BCUT2D eigenvalue weighted by atomic mass is 10.1. The van der Waals surface area contributed by atoms with Gasteiger partial charge < -0.3 is 15.0 Å². The van der Waals surface area contributed by atoms with Gasteiger partial charge in [-0.05, 0) is 85.6 Å². The van der Waals surface area contributed by atoms with Gasteiger partial charge in [-0.15, -0.1) is 0 Å². The van der Waals surface area contributed by atoms with Gasteiger partial charge in [-0.3, -0.25) is 9.59 Å². The molecule has 0 aliphatic carbocycles. The summed E-state index contributed by atoms with van der Waals surface area (Å²) in [6.45, 7) is 4.35. The molecule has 6 heteroatoms. The van der Waals surface area contributed by atoms with Gasteiger partial charge >= 0.3 is 0 Å². The van der Waals surface area contributed by atoms with Crippen molar-refractivity contribution in [1.29, 1.82) is 0 Å². The van der Waals surface area contributed by atoms with Gasteiger partial charge in [-0.25, -0.2) is 4.39 Å². The number of hydrogen-bond acceptors (Lipinski definition) is 3. The summed E-state index contributed by atoms with van der Waals surface area (Å²) in [6, 6.07) is 18.7. The largest absolute Gasteiger partial charge is 0.457 e. The standard InChI is InChI=1S/C25H23FN2O3/c1-16-3-10-23(13-17(16)2)31-22-11-6-20(7-12-22)27-25(30)18-14-24(29)28(15-18)21-8-4-19(26)5-9-21/h3-13,18H,14-15H2,1-2H3,(H,27,30)/t18-/m1/s1. The number of ether oxygens (including phenoxy) is 1. The average molecular weight is 418 g/mol. The van der Waals surface area contributed by atoms with E-state index in [9.17, 15) is 14.0 Å². The second-order valence-corrected chi connectivity index (χ2v) is 7.74. The van der Waals surface area contributed by atoms with Crippen LogP contribution in [0.5, 0.6) is 11.5 Å². The van der Waals surface area contributed by atoms with Crippen LogP contribution in [0.3, 0.4) is 0 Å². The summed E-state index contributed by atoms with van der Waals surface area (Å²) in [6.07, 6.45) is 0.122. The van der Waals surface area contributed by atoms with Gasteiger partial charge in [0.05, 0.1) is 5.92 Å². The first-order valence-corrected chi connectivity index (χ1v) is 10.1. The average Bonchev–Trinajstić information content (AvgIpc) is 3.14. The molecule has 0 saturated carbocycles. The van der Waals surface area contributed by atoms with Crippen molar-refractivity contribution in [2.24, 2.45) is 5.92 Å². The quantitative estimate of drug-likeness (QED) is 0.618. The van der Waals surface area contributed by atoms with Crippen LogP contribution in [0.4, 0.5) is 15.8 Å². The van der Waals surface area contributed by atoms with Gasteiger partial charge in [0.15, 0.2) is 0 Å². The molecule has 0 radical (unpaired) electrons. The molecule has 1 saturated heterocycles. The number of nitrogens with zero attached hydrogens (tertiary/aromatic N) is 1. The highest BCUT2D eigenvalue weighted by Crippen LogP contribution is 2.28. The monoisotopic (exact) mass is 418 g/mol. The summed E-state index contributed by atoms with van der Waals surface area (Å²) in [7, 11) is 0. The number of carbonyl (C=O) groups is 2. The molecule has 1 heterocycles. The summed E-state index contributed by atoms with van der Waals surface area (Å²) >= 11 is 0. The van der Waals surface area contributed by atoms with Crippen molar-refractivity contribution in [3.8, 4) is 11.5 Å². The predicted octanol–water partition coefficient (Wildman–Crippen LogP) is 5.23. The Morgan fingerprint density at radius 1 is 0.968 bits per heavy atom. The Morgan fingerprint density at radius 2 is 1.65 bits per heavy atom. The fourth-order valence-corrected chi connectivity index (χ4v) is 3.52. The van der Waals surface area contributed by atoms with Crippen molar-refractivity contribution < 1.29 is 18.7 Å². The van der Waals surface area contributed by atoms with E-state index in [-0.39, 0.29) is 30.6 Å². The number of halogens is 1. The molecule has 1 aliphatic rings. The van der Waals surface area contributed by atoms with Crippen LogP contribution in [0.1, 0.15) is 17.5 Å². The zero-order valence-corrected chi connectivity index (χ0v) is 17.4. The maximum atomic E-state index is 13.1. The third-order valence-corrected chi connectivity index (χ3v) is 5.47.